The minimum absolute atomic E-state index is 0.121. The maximum Gasteiger partial charge on any atom is 0.221 e. The number of carbonyl (C=O) groups is 1. The van der Waals surface area contributed by atoms with Crippen LogP contribution in [0.25, 0.3) is 0 Å². The second-order valence-corrected chi connectivity index (χ2v) is 5.92. The summed E-state index contributed by atoms with van der Waals surface area (Å²) in [6, 6.07) is 0.835. The molecule has 0 aromatic heterocycles. The summed E-state index contributed by atoms with van der Waals surface area (Å²) < 4.78 is 5.34. The van der Waals surface area contributed by atoms with E-state index in [9.17, 15) is 4.79 Å². The molecule has 1 unspecified atom stereocenters. The van der Waals surface area contributed by atoms with Crippen molar-refractivity contribution in [1.29, 1.82) is 0 Å². The van der Waals surface area contributed by atoms with Crippen molar-refractivity contribution in [3.8, 4) is 0 Å². The van der Waals surface area contributed by atoms with Crippen LogP contribution < -0.4 is 16.0 Å². The molecule has 0 aromatic rings. The lowest BCUT2D eigenvalue weighted by Crippen LogP contribution is -2.45. The normalized spacial score (nSPS) is 25.1. The Balaban J connectivity index is 1.50. The van der Waals surface area contributed by atoms with Crippen molar-refractivity contribution >= 4 is 5.91 Å². The molecule has 1 heterocycles. The molecule has 5 heteroatoms. The van der Waals surface area contributed by atoms with E-state index < -0.39 is 0 Å². The van der Waals surface area contributed by atoms with Gasteiger partial charge in [0, 0.05) is 38.1 Å². The maximum absolute atomic E-state index is 11.8. The zero-order valence-corrected chi connectivity index (χ0v) is 12.5. The second kappa shape index (κ2) is 9.32. The SMILES string of the molecule is O=C(CC1COCCN1)NCCNC1CCCCCC1. The third-order valence-electron chi connectivity index (χ3n) is 4.17. The lowest BCUT2D eigenvalue weighted by molar-refractivity contribution is -0.122. The first-order valence-electron chi connectivity index (χ1n) is 8.16. The number of ether oxygens (including phenoxy) is 1. The van der Waals surface area contributed by atoms with Crippen LogP contribution in [0.1, 0.15) is 44.9 Å². The monoisotopic (exact) mass is 283 g/mol. The highest BCUT2D eigenvalue weighted by atomic mass is 16.5. The molecule has 1 saturated carbocycles. The minimum Gasteiger partial charge on any atom is -0.378 e. The number of nitrogens with one attached hydrogen (secondary N) is 3. The first-order chi connectivity index (χ1) is 9.84. The molecule has 1 amide bonds. The first-order valence-corrected chi connectivity index (χ1v) is 8.16. The molecule has 1 atom stereocenters. The summed E-state index contributed by atoms with van der Waals surface area (Å²) in [6.07, 6.45) is 8.55. The Labute approximate surface area is 122 Å². The van der Waals surface area contributed by atoms with E-state index >= 15 is 0 Å². The fraction of sp³-hybridized carbons (Fsp3) is 0.933. The van der Waals surface area contributed by atoms with E-state index in [2.05, 4.69) is 16.0 Å². The van der Waals surface area contributed by atoms with Gasteiger partial charge in [0.15, 0.2) is 0 Å². The quantitative estimate of drug-likeness (QED) is 0.498. The van der Waals surface area contributed by atoms with Crippen LogP contribution in [-0.4, -0.2) is 50.8 Å². The lowest BCUT2D eigenvalue weighted by atomic mass is 10.1. The van der Waals surface area contributed by atoms with Crippen LogP contribution in [0.4, 0.5) is 0 Å². The van der Waals surface area contributed by atoms with Crippen molar-refractivity contribution < 1.29 is 9.53 Å². The molecule has 2 rings (SSSR count). The molecule has 3 N–H and O–H groups in total. The lowest BCUT2D eigenvalue weighted by Gasteiger charge is -2.23. The van der Waals surface area contributed by atoms with Crippen LogP contribution in [-0.2, 0) is 9.53 Å². The molecule has 0 bridgehead atoms. The van der Waals surface area contributed by atoms with Gasteiger partial charge in [-0.3, -0.25) is 4.79 Å². The maximum atomic E-state index is 11.8. The Morgan fingerprint density at radius 2 is 1.95 bits per heavy atom. The average molecular weight is 283 g/mol. The highest BCUT2D eigenvalue weighted by molar-refractivity contribution is 5.76. The summed E-state index contributed by atoms with van der Waals surface area (Å²) >= 11 is 0. The molecule has 0 spiro atoms. The van der Waals surface area contributed by atoms with E-state index in [1.807, 2.05) is 0 Å². The highest BCUT2D eigenvalue weighted by Gasteiger charge is 2.16. The van der Waals surface area contributed by atoms with Gasteiger partial charge in [0.05, 0.1) is 13.2 Å². The van der Waals surface area contributed by atoms with Gasteiger partial charge in [0.25, 0.3) is 0 Å². The molecule has 1 aliphatic heterocycles. The van der Waals surface area contributed by atoms with Gasteiger partial charge in [-0.15, -0.1) is 0 Å². The van der Waals surface area contributed by atoms with E-state index in [1.54, 1.807) is 0 Å². The molecule has 20 heavy (non-hydrogen) atoms. The Bertz CT molecular complexity index is 272. The van der Waals surface area contributed by atoms with Crippen molar-refractivity contribution in [3.63, 3.8) is 0 Å². The van der Waals surface area contributed by atoms with Gasteiger partial charge in [-0.05, 0) is 12.8 Å². The largest absolute Gasteiger partial charge is 0.378 e. The summed E-state index contributed by atoms with van der Waals surface area (Å²) in [7, 11) is 0. The molecule has 0 radical (unpaired) electrons. The van der Waals surface area contributed by atoms with Crippen LogP contribution in [0.5, 0.6) is 0 Å². The van der Waals surface area contributed by atoms with Crippen LogP contribution in [0, 0.1) is 0 Å². The molecule has 2 fully saturated rings. The highest BCUT2D eigenvalue weighted by Crippen LogP contribution is 2.16. The molecule has 1 saturated heterocycles. The molecule has 0 aromatic carbocycles. The Hall–Kier alpha value is -0.650. The zero-order chi connectivity index (χ0) is 14.0. The number of rotatable bonds is 6. The fourth-order valence-electron chi connectivity index (χ4n) is 3.01. The van der Waals surface area contributed by atoms with E-state index in [0.29, 0.717) is 19.1 Å². The molecule has 1 aliphatic carbocycles. The van der Waals surface area contributed by atoms with Crippen molar-refractivity contribution in [1.82, 2.24) is 16.0 Å². The third kappa shape index (κ3) is 6.20. The number of morpholine rings is 1. The smallest absolute Gasteiger partial charge is 0.221 e. The summed E-state index contributed by atoms with van der Waals surface area (Å²) in [5.41, 5.74) is 0. The molecule has 5 nitrogen and oxygen atoms in total. The van der Waals surface area contributed by atoms with Crippen LogP contribution in [0.3, 0.4) is 0 Å². The summed E-state index contributed by atoms with van der Waals surface area (Å²) in [6.45, 7) is 3.85. The van der Waals surface area contributed by atoms with Crippen LogP contribution >= 0.6 is 0 Å². The van der Waals surface area contributed by atoms with Crippen molar-refractivity contribution in [2.45, 2.75) is 57.0 Å². The second-order valence-electron chi connectivity index (χ2n) is 5.92. The van der Waals surface area contributed by atoms with Crippen LogP contribution in [0.2, 0.25) is 0 Å². The number of hydrogen-bond donors (Lipinski definition) is 3. The third-order valence-corrected chi connectivity index (χ3v) is 4.17. The van der Waals surface area contributed by atoms with E-state index in [-0.39, 0.29) is 11.9 Å². The summed E-state index contributed by atoms with van der Waals surface area (Å²) in [4.78, 5) is 11.8. The first kappa shape index (κ1) is 15.7. The fourth-order valence-corrected chi connectivity index (χ4v) is 3.01. The molecular formula is C15H29N3O2. The predicted molar refractivity (Wildman–Crippen MR) is 79.7 cm³/mol. The van der Waals surface area contributed by atoms with Gasteiger partial charge >= 0.3 is 0 Å². The zero-order valence-electron chi connectivity index (χ0n) is 12.5. The number of carbonyl (C=O) groups excluding carboxylic acids is 1. The van der Waals surface area contributed by atoms with Gasteiger partial charge in [0.2, 0.25) is 5.91 Å². The van der Waals surface area contributed by atoms with Crippen molar-refractivity contribution in [3.05, 3.63) is 0 Å². The topological polar surface area (TPSA) is 62.4 Å². The van der Waals surface area contributed by atoms with E-state index in [0.717, 1.165) is 26.2 Å². The number of hydrogen-bond acceptors (Lipinski definition) is 4. The Morgan fingerprint density at radius 3 is 2.65 bits per heavy atom. The molecule has 2 aliphatic rings. The van der Waals surface area contributed by atoms with Crippen LogP contribution in [0.15, 0.2) is 0 Å². The van der Waals surface area contributed by atoms with E-state index in [1.165, 1.54) is 38.5 Å². The van der Waals surface area contributed by atoms with Gasteiger partial charge < -0.3 is 20.7 Å². The Kier molecular flexibility index (Phi) is 7.33. The standard InChI is InChI=1S/C15H29N3O2/c19-15(11-14-12-20-10-9-17-14)18-8-7-16-13-5-3-1-2-4-6-13/h13-14,16-17H,1-12H2,(H,18,19). The molecular weight excluding hydrogens is 254 g/mol. The Morgan fingerprint density at radius 1 is 1.15 bits per heavy atom. The van der Waals surface area contributed by atoms with Gasteiger partial charge in [-0.25, -0.2) is 0 Å². The van der Waals surface area contributed by atoms with Gasteiger partial charge in [0.1, 0.15) is 0 Å². The summed E-state index contributed by atoms with van der Waals surface area (Å²) in [5.74, 6) is 0.121. The number of amides is 1. The van der Waals surface area contributed by atoms with E-state index in [4.69, 9.17) is 4.74 Å². The summed E-state index contributed by atoms with van der Waals surface area (Å²) in [5, 5.41) is 9.85. The predicted octanol–water partition coefficient (Wildman–Crippen LogP) is 0.794. The van der Waals surface area contributed by atoms with Gasteiger partial charge in [-0.1, -0.05) is 25.7 Å². The molecule has 116 valence electrons. The van der Waals surface area contributed by atoms with Crippen molar-refractivity contribution in [2.24, 2.45) is 0 Å². The minimum atomic E-state index is 0.121. The average Bonchev–Trinajstić information content (AvgIpc) is 2.73. The van der Waals surface area contributed by atoms with Gasteiger partial charge in [-0.2, -0.15) is 0 Å². The van der Waals surface area contributed by atoms with Crippen molar-refractivity contribution in [2.75, 3.05) is 32.8 Å².